The Morgan fingerprint density at radius 3 is 2.38 bits per heavy atom. The highest BCUT2D eigenvalue weighted by Gasteiger charge is 2.64. The Morgan fingerprint density at radius 2 is 1.68 bits per heavy atom. The van der Waals surface area contributed by atoms with Crippen molar-refractivity contribution >= 4 is 46.0 Å². The molecule has 1 saturated heterocycles. The lowest BCUT2D eigenvalue weighted by Crippen LogP contribution is -2.74. The summed E-state index contributed by atoms with van der Waals surface area (Å²) in [5.41, 5.74) is 2.34. The van der Waals surface area contributed by atoms with Crippen LogP contribution >= 0.6 is 11.6 Å². The molecule has 2 aliphatic rings. The number of nitriles is 1. The molecule has 0 atom stereocenters. The van der Waals surface area contributed by atoms with Crippen molar-refractivity contribution < 1.29 is 28.5 Å². The van der Waals surface area contributed by atoms with Gasteiger partial charge in [0, 0.05) is 103 Å². The molecule has 2 fully saturated rings. The summed E-state index contributed by atoms with van der Waals surface area (Å²) in [4.78, 5) is 52.4. The standard InChI is InChI=1S/C49H51ClN8O7/c1-29(59)55-32-11-13-41(38(22-32)39-28-57(6)44(61)42-37(39)14-17-52-42)64-35-9-7-8-34(23-35)63-21-20-62-33-15-18-58(19-16-33)47-53-26-31(27-54-47)43(60)56-45-48(2,3)46(49(45,4)5)65-36-12-10-30(25-51)40(50)24-36/h7-14,17,22-24,26-28,33,45-46,52H,15-16,18-21H2,1-6H3,(H,55,59)(H,56,60)/t45-,46-. The number of fused-ring (bicyclic) bond motifs is 1. The van der Waals surface area contributed by atoms with E-state index in [4.69, 9.17) is 30.5 Å². The molecule has 0 spiro atoms. The molecule has 1 aliphatic carbocycles. The number of H-pyrrole nitrogens is 1. The predicted octanol–water partition coefficient (Wildman–Crippen LogP) is 8.28. The number of hydrogen-bond acceptors (Lipinski definition) is 11. The Labute approximate surface area is 381 Å². The Hall–Kier alpha value is -6.89. The molecule has 0 unspecified atom stereocenters. The Balaban J connectivity index is 0.807. The molecule has 16 heteroatoms. The molecular weight excluding hydrogens is 848 g/mol. The van der Waals surface area contributed by atoms with Gasteiger partial charge in [-0.15, -0.1) is 0 Å². The van der Waals surface area contributed by atoms with Gasteiger partial charge in [0.25, 0.3) is 11.5 Å². The maximum Gasteiger partial charge on any atom is 0.274 e. The second-order valence-electron chi connectivity index (χ2n) is 17.7. The highest BCUT2D eigenvalue weighted by Crippen LogP contribution is 2.55. The molecule has 15 nitrogen and oxygen atoms in total. The fraction of sp³-hybridized carbons (Fsp3) is 0.347. The van der Waals surface area contributed by atoms with E-state index in [9.17, 15) is 19.6 Å². The number of piperidine rings is 1. The summed E-state index contributed by atoms with van der Waals surface area (Å²) in [7, 11) is 1.69. The van der Waals surface area contributed by atoms with Gasteiger partial charge in [0.2, 0.25) is 11.9 Å². The van der Waals surface area contributed by atoms with Gasteiger partial charge in [0.1, 0.15) is 47.3 Å². The van der Waals surface area contributed by atoms with E-state index < -0.39 is 10.8 Å². The topological polar surface area (TPSA) is 186 Å². The van der Waals surface area contributed by atoms with Crippen molar-refractivity contribution in [3.8, 4) is 40.2 Å². The van der Waals surface area contributed by atoms with Crippen molar-refractivity contribution in [1.29, 1.82) is 5.26 Å². The molecular formula is C49H51ClN8O7. The number of carbonyl (C=O) groups excluding carboxylic acids is 2. The molecule has 2 amide bonds. The number of nitrogens with zero attached hydrogens (tertiary/aromatic N) is 5. The van der Waals surface area contributed by atoms with Gasteiger partial charge >= 0.3 is 0 Å². The summed E-state index contributed by atoms with van der Waals surface area (Å²) in [6, 6.07) is 21.5. The average molecular weight is 899 g/mol. The predicted molar refractivity (Wildman–Crippen MR) is 248 cm³/mol. The normalized spacial score (nSPS) is 17.7. The molecule has 4 heterocycles. The van der Waals surface area contributed by atoms with Crippen LogP contribution in [0.2, 0.25) is 5.02 Å². The van der Waals surface area contributed by atoms with E-state index in [0.29, 0.717) is 88.2 Å². The quantitative estimate of drug-likeness (QED) is 0.0894. The second-order valence-corrected chi connectivity index (χ2v) is 18.1. The molecule has 0 radical (unpaired) electrons. The number of ether oxygens (including phenoxy) is 4. The summed E-state index contributed by atoms with van der Waals surface area (Å²) < 4.78 is 26.6. The van der Waals surface area contributed by atoms with Crippen LogP contribution in [-0.2, 0) is 16.6 Å². The highest BCUT2D eigenvalue weighted by molar-refractivity contribution is 6.31. The number of pyridine rings is 1. The van der Waals surface area contributed by atoms with E-state index in [1.165, 1.54) is 11.5 Å². The Bertz CT molecular complexity index is 2830. The Kier molecular flexibility index (Phi) is 12.6. The largest absolute Gasteiger partial charge is 0.491 e. The summed E-state index contributed by atoms with van der Waals surface area (Å²) in [5.74, 6) is 2.38. The van der Waals surface area contributed by atoms with Gasteiger partial charge < -0.3 is 44.0 Å². The van der Waals surface area contributed by atoms with E-state index in [1.54, 1.807) is 62.2 Å². The van der Waals surface area contributed by atoms with Gasteiger partial charge in [-0.1, -0.05) is 45.4 Å². The zero-order valence-corrected chi connectivity index (χ0v) is 37.9. The lowest BCUT2D eigenvalue weighted by Gasteiger charge is -2.63. The maximum absolute atomic E-state index is 13.4. The fourth-order valence-corrected chi connectivity index (χ4v) is 9.57. The van der Waals surface area contributed by atoms with Crippen molar-refractivity contribution in [2.75, 3.05) is 36.5 Å². The van der Waals surface area contributed by atoms with Crippen LogP contribution in [0.3, 0.4) is 0 Å². The zero-order chi connectivity index (χ0) is 46.0. The number of benzene rings is 3. The number of aromatic amines is 1. The molecule has 3 N–H and O–H groups in total. The number of hydrogen-bond donors (Lipinski definition) is 3. The SMILES string of the molecule is CC(=O)Nc1ccc(Oc2cccc(OCCOC3CCN(c4ncc(C(=O)N[C@H]5C(C)(C)[C@H](Oc6ccc(C#N)c(Cl)c6)C5(C)C)cn4)CC3)c2)c(-c2cn(C)c(=O)c3[nH]ccc23)c1. The Morgan fingerprint density at radius 1 is 0.938 bits per heavy atom. The van der Waals surface area contributed by atoms with Crippen LogP contribution in [0.25, 0.3) is 22.0 Å². The van der Waals surface area contributed by atoms with Crippen molar-refractivity contribution in [2.45, 2.75) is 65.7 Å². The molecule has 65 heavy (non-hydrogen) atoms. The van der Waals surface area contributed by atoms with Gasteiger partial charge in [0.15, 0.2) is 0 Å². The molecule has 1 aliphatic heterocycles. The molecule has 8 rings (SSSR count). The van der Waals surface area contributed by atoms with E-state index in [-0.39, 0.29) is 35.6 Å². The third kappa shape index (κ3) is 9.36. The number of rotatable bonds is 14. The number of nitrogens with one attached hydrogen (secondary N) is 3. The van der Waals surface area contributed by atoms with Gasteiger partial charge in [-0.25, -0.2) is 9.97 Å². The van der Waals surface area contributed by atoms with Crippen LogP contribution in [0, 0.1) is 22.2 Å². The van der Waals surface area contributed by atoms with Gasteiger partial charge in [-0.3, -0.25) is 14.4 Å². The third-order valence-electron chi connectivity index (χ3n) is 12.3. The van der Waals surface area contributed by atoms with E-state index in [2.05, 4.69) is 64.2 Å². The van der Waals surface area contributed by atoms with Crippen LogP contribution in [0.1, 0.15) is 63.4 Å². The van der Waals surface area contributed by atoms with Gasteiger partial charge in [-0.05, 0) is 61.4 Å². The summed E-state index contributed by atoms with van der Waals surface area (Å²) in [6.45, 7) is 11.8. The summed E-state index contributed by atoms with van der Waals surface area (Å²) in [6.07, 6.45) is 8.03. The lowest BCUT2D eigenvalue weighted by molar-refractivity contribution is -0.164. The number of carbonyl (C=O) groups is 2. The number of aryl methyl sites for hydroxylation is 1. The van der Waals surface area contributed by atoms with Crippen LogP contribution < -0.4 is 35.3 Å². The smallest absolute Gasteiger partial charge is 0.274 e. The van der Waals surface area contributed by atoms with Crippen molar-refractivity contribution in [2.24, 2.45) is 17.9 Å². The summed E-state index contributed by atoms with van der Waals surface area (Å²) >= 11 is 6.25. The maximum atomic E-state index is 13.4. The van der Waals surface area contributed by atoms with Gasteiger partial charge in [-0.2, -0.15) is 5.26 Å². The molecule has 6 aromatic rings. The third-order valence-corrected chi connectivity index (χ3v) is 12.6. The first-order chi connectivity index (χ1) is 31.1. The van der Waals surface area contributed by atoms with E-state index in [0.717, 1.165) is 23.8 Å². The molecule has 3 aromatic carbocycles. The second kappa shape index (κ2) is 18.3. The fourth-order valence-electron chi connectivity index (χ4n) is 9.36. The molecule has 3 aromatic heterocycles. The first-order valence-corrected chi connectivity index (χ1v) is 21.9. The van der Waals surface area contributed by atoms with Crippen LogP contribution in [0.15, 0.2) is 96.3 Å². The average Bonchev–Trinajstić information content (AvgIpc) is 3.79. The van der Waals surface area contributed by atoms with Crippen LogP contribution in [0.4, 0.5) is 11.6 Å². The number of halogens is 1. The monoisotopic (exact) mass is 898 g/mol. The summed E-state index contributed by atoms with van der Waals surface area (Å²) in [5, 5.41) is 16.3. The van der Waals surface area contributed by atoms with E-state index in [1.807, 2.05) is 36.4 Å². The number of amides is 2. The minimum Gasteiger partial charge on any atom is -0.491 e. The minimum atomic E-state index is -0.402. The molecule has 1 saturated carbocycles. The first-order valence-electron chi connectivity index (χ1n) is 21.5. The molecule has 336 valence electrons. The highest BCUT2D eigenvalue weighted by atomic mass is 35.5. The molecule has 0 bridgehead atoms. The minimum absolute atomic E-state index is 0.0494. The van der Waals surface area contributed by atoms with Crippen LogP contribution in [-0.4, -0.2) is 75.9 Å². The lowest BCUT2D eigenvalue weighted by atomic mass is 9.49. The zero-order valence-electron chi connectivity index (χ0n) is 37.1. The van der Waals surface area contributed by atoms with Crippen molar-refractivity contribution in [3.63, 3.8) is 0 Å². The van der Waals surface area contributed by atoms with Crippen molar-refractivity contribution in [3.05, 3.63) is 118 Å². The van der Waals surface area contributed by atoms with E-state index >= 15 is 0 Å². The van der Waals surface area contributed by atoms with Crippen LogP contribution in [0.5, 0.6) is 23.0 Å². The number of anilines is 2. The van der Waals surface area contributed by atoms with Gasteiger partial charge in [0.05, 0.1) is 28.9 Å². The number of aromatic nitrogens is 4. The first kappa shape index (κ1) is 44.7. The van der Waals surface area contributed by atoms with Crippen molar-refractivity contribution in [1.82, 2.24) is 24.8 Å².